The third kappa shape index (κ3) is 5.47. The molecule has 48 heavy (non-hydrogen) atoms. The zero-order valence-electron chi connectivity index (χ0n) is 28.6. The van der Waals surface area contributed by atoms with Gasteiger partial charge in [0, 0.05) is 63.4 Å². The molecule has 2 aliphatic heterocycles. The lowest BCUT2D eigenvalue weighted by Gasteiger charge is -2.30. The monoisotopic (exact) mass is 671 g/mol. The Morgan fingerprint density at radius 2 is 1.29 bits per heavy atom. The molecule has 0 aromatic heterocycles. The Labute approximate surface area is 296 Å². The molecule has 0 radical (unpaired) electrons. The van der Waals surface area contributed by atoms with Crippen molar-refractivity contribution in [2.45, 2.75) is 57.4 Å². The van der Waals surface area contributed by atoms with E-state index in [1.165, 1.54) is 45.0 Å². The number of nitrogens with zero attached hydrogens (tertiary/aromatic N) is 3. The summed E-state index contributed by atoms with van der Waals surface area (Å²) in [6, 6.07) is 34.2. The lowest BCUT2D eigenvalue weighted by Crippen LogP contribution is -2.37. The van der Waals surface area contributed by atoms with E-state index in [1.807, 2.05) is 12.1 Å². The number of hydrogen-bond donors (Lipinski definition) is 0. The average molecular weight is 673 g/mol. The average Bonchev–Trinajstić information content (AvgIpc) is 3.61. The van der Waals surface area contributed by atoms with Gasteiger partial charge in [-0.05, 0) is 102 Å². The molecular weight excluding hydrogens is 629 g/mol. The molecule has 0 N–H and O–H groups in total. The van der Waals surface area contributed by atoms with Crippen molar-refractivity contribution in [3.8, 4) is 0 Å². The van der Waals surface area contributed by atoms with Crippen LogP contribution in [0.2, 0.25) is 10.0 Å². The van der Waals surface area contributed by atoms with Crippen molar-refractivity contribution in [1.29, 1.82) is 0 Å². The summed E-state index contributed by atoms with van der Waals surface area (Å²) in [5.74, 6) is 0. The summed E-state index contributed by atoms with van der Waals surface area (Å²) in [5, 5.41) is 1.56. The molecule has 1 aliphatic carbocycles. The first-order valence-corrected chi connectivity index (χ1v) is 17.5. The molecule has 4 aromatic carbocycles. The highest BCUT2D eigenvalue weighted by molar-refractivity contribution is 6.31. The first-order valence-electron chi connectivity index (χ1n) is 16.8. The second-order valence-electron chi connectivity index (χ2n) is 14.3. The van der Waals surface area contributed by atoms with Crippen LogP contribution in [0.15, 0.2) is 144 Å². The van der Waals surface area contributed by atoms with Crippen LogP contribution in [0, 0.1) is 0 Å². The maximum absolute atomic E-state index is 6.48. The zero-order valence-corrected chi connectivity index (χ0v) is 30.1. The molecule has 5 heteroatoms. The third-order valence-corrected chi connectivity index (χ3v) is 11.1. The summed E-state index contributed by atoms with van der Waals surface area (Å²) in [4.78, 5) is 7.15. The van der Waals surface area contributed by atoms with Crippen LogP contribution in [0.1, 0.15) is 51.7 Å². The van der Waals surface area contributed by atoms with Crippen LogP contribution in [-0.2, 0) is 10.8 Å². The fourth-order valence-corrected chi connectivity index (χ4v) is 8.42. The summed E-state index contributed by atoms with van der Waals surface area (Å²) in [6.07, 6.45) is 11.4. The first-order chi connectivity index (χ1) is 23.0. The van der Waals surface area contributed by atoms with Gasteiger partial charge in [-0.15, -0.1) is 0 Å². The molecular formula is C43H43Cl2N3. The Morgan fingerprint density at radius 3 is 1.92 bits per heavy atom. The minimum absolute atomic E-state index is 0.0943. The standard InChI is InChI=1S/C43H43Cl2N3/c1-42(2)35-27-31(44)21-23-37(35)46(5)39(42)25-19-29-17-18-30(20-26-40-43(3,4)36-28-32(45)22-24-38(36)47(40)6)41(29)48(33-13-9-7-10-14-33)34-15-11-8-12-16-34/h7-16,19-28,39H,17-18H2,1-6H3. The molecule has 0 saturated heterocycles. The maximum atomic E-state index is 6.48. The van der Waals surface area contributed by atoms with Crippen molar-refractivity contribution in [2.24, 2.45) is 0 Å². The molecule has 244 valence electrons. The summed E-state index contributed by atoms with van der Waals surface area (Å²) in [5.41, 5.74) is 12.2. The summed E-state index contributed by atoms with van der Waals surface area (Å²) < 4.78 is 0. The van der Waals surface area contributed by atoms with E-state index in [0.717, 1.165) is 34.3 Å². The number of likely N-dealkylation sites (N-methyl/N-ethyl adjacent to an activating group) is 2. The molecule has 0 amide bonds. The third-order valence-electron chi connectivity index (χ3n) is 10.6. The topological polar surface area (TPSA) is 9.72 Å². The van der Waals surface area contributed by atoms with Gasteiger partial charge in [-0.1, -0.05) is 106 Å². The Hall–Kier alpha value is -4.18. The van der Waals surface area contributed by atoms with E-state index in [2.05, 4.69) is 166 Å². The number of rotatable bonds is 6. The number of allylic oxidation sites excluding steroid dienone is 6. The molecule has 3 aliphatic rings. The Morgan fingerprint density at radius 1 is 0.708 bits per heavy atom. The van der Waals surface area contributed by atoms with Gasteiger partial charge in [-0.2, -0.15) is 0 Å². The van der Waals surface area contributed by atoms with Gasteiger partial charge >= 0.3 is 0 Å². The highest BCUT2D eigenvalue weighted by Crippen LogP contribution is 2.49. The number of fused-ring (bicyclic) bond motifs is 2. The molecule has 3 nitrogen and oxygen atoms in total. The molecule has 0 fully saturated rings. The van der Waals surface area contributed by atoms with Gasteiger partial charge in [0.05, 0.1) is 11.7 Å². The summed E-state index contributed by atoms with van der Waals surface area (Å²) >= 11 is 13.0. The lowest BCUT2D eigenvalue weighted by atomic mass is 9.80. The normalized spacial score (nSPS) is 21.1. The van der Waals surface area contributed by atoms with E-state index in [-0.39, 0.29) is 16.9 Å². The second kappa shape index (κ2) is 12.4. The predicted molar refractivity (Wildman–Crippen MR) is 206 cm³/mol. The number of benzene rings is 4. The van der Waals surface area contributed by atoms with Crippen LogP contribution in [0.3, 0.4) is 0 Å². The second-order valence-corrected chi connectivity index (χ2v) is 15.1. The first kappa shape index (κ1) is 32.4. The van der Waals surface area contributed by atoms with Crippen LogP contribution in [-0.4, -0.2) is 20.1 Å². The van der Waals surface area contributed by atoms with Crippen LogP contribution >= 0.6 is 23.2 Å². The summed E-state index contributed by atoms with van der Waals surface area (Å²) in [6.45, 7) is 9.24. The van der Waals surface area contributed by atoms with Gasteiger partial charge in [0.2, 0.25) is 0 Å². The molecule has 0 bridgehead atoms. The SMILES string of the molecule is CN1C(=CC=C2CCC(C=CC3N(C)c4ccc(Cl)cc4C3(C)C)=C2N(c2ccccc2)c2ccccc2)C(C)(C)c2cc(Cl)ccc21. The molecule has 0 saturated carbocycles. The van der Waals surface area contributed by atoms with Gasteiger partial charge in [-0.3, -0.25) is 0 Å². The zero-order chi connectivity index (χ0) is 33.8. The lowest BCUT2D eigenvalue weighted by molar-refractivity contribution is 0.487. The van der Waals surface area contributed by atoms with E-state index in [1.54, 1.807) is 0 Å². The van der Waals surface area contributed by atoms with Crippen molar-refractivity contribution in [2.75, 3.05) is 28.8 Å². The highest BCUT2D eigenvalue weighted by Gasteiger charge is 2.42. The van der Waals surface area contributed by atoms with E-state index < -0.39 is 0 Å². The van der Waals surface area contributed by atoms with Gasteiger partial charge < -0.3 is 14.7 Å². The molecule has 4 aromatic rings. The number of hydrogen-bond acceptors (Lipinski definition) is 3. The van der Waals surface area contributed by atoms with Gasteiger partial charge in [0.25, 0.3) is 0 Å². The smallest absolute Gasteiger partial charge is 0.0565 e. The summed E-state index contributed by atoms with van der Waals surface area (Å²) in [7, 11) is 4.36. The van der Waals surface area contributed by atoms with Crippen molar-refractivity contribution < 1.29 is 0 Å². The molecule has 1 atom stereocenters. The fraction of sp³-hybridized carbons (Fsp3) is 0.256. The maximum Gasteiger partial charge on any atom is 0.0565 e. The van der Waals surface area contributed by atoms with Crippen molar-refractivity contribution in [1.82, 2.24) is 0 Å². The Balaban J connectivity index is 1.36. The molecule has 0 spiro atoms. The van der Waals surface area contributed by atoms with Crippen LogP contribution < -0.4 is 14.7 Å². The molecule has 1 unspecified atom stereocenters. The number of halogens is 2. The number of anilines is 4. The quantitative estimate of drug-likeness (QED) is 0.202. The van der Waals surface area contributed by atoms with E-state index >= 15 is 0 Å². The van der Waals surface area contributed by atoms with Gasteiger partial charge in [0.15, 0.2) is 0 Å². The van der Waals surface area contributed by atoms with Crippen molar-refractivity contribution >= 4 is 46.0 Å². The fourth-order valence-electron chi connectivity index (χ4n) is 8.08. The Bertz CT molecular complexity index is 1950. The van der Waals surface area contributed by atoms with E-state index in [4.69, 9.17) is 23.2 Å². The minimum Gasteiger partial charge on any atom is -0.367 e. The van der Waals surface area contributed by atoms with Gasteiger partial charge in [-0.25, -0.2) is 0 Å². The van der Waals surface area contributed by atoms with Crippen LogP contribution in [0.25, 0.3) is 0 Å². The highest BCUT2D eigenvalue weighted by atomic mass is 35.5. The largest absolute Gasteiger partial charge is 0.367 e. The van der Waals surface area contributed by atoms with Crippen molar-refractivity contribution in [3.63, 3.8) is 0 Å². The van der Waals surface area contributed by atoms with Crippen molar-refractivity contribution in [3.05, 3.63) is 165 Å². The van der Waals surface area contributed by atoms with E-state index in [0.29, 0.717) is 0 Å². The minimum atomic E-state index is -0.174. The molecule has 7 rings (SSSR count). The van der Waals surface area contributed by atoms with Crippen LogP contribution in [0.5, 0.6) is 0 Å². The number of para-hydroxylation sites is 2. The van der Waals surface area contributed by atoms with Gasteiger partial charge in [0.1, 0.15) is 0 Å². The predicted octanol–water partition coefficient (Wildman–Crippen LogP) is 11.8. The molecule has 2 heterocycles. The Kier molecular flexibility index (Phi) is 8.34. The van der Waals surface area contributed by atoms with E-state index in [9.17, 15) is 0 Å². The van der Waals surface area contributed by atoms with Crippen LogP contribution in [0.4, 0.5) is 22.7 Å².